The minimum absolute atomic E-state index is 0.0207. The van der Waals surface area contributed by atoms with E-state index < -0.39 is 29.5 Å². The normalized spacial score (nSPS) is 11.2. The molecule has 0 unspecified atom stereocenters. The second kappa shape index (κ2) is 14.4. The Morgan fingerprint density at radius 3 is 2.43 bits per heavy atom. The fraction of sp³-hybridized carbons (Fsp3) is 0.333. The number of hydrogen-bond acceptors (Lipinski definition) is 7. The molecule has 0 aliphatic carbocycles. The molecule has 0 radical (unpaired) electrons. The maximum atomic E-state index is 12.8. The summed E-state index contributed by atoms with van der Waals surface area (Å²) in [6.07, 6.45) is -3.66. The molecule has 0 saturated carbocycles. The summed E-state index contributed by atoms with van der Waals surface area (Å²) < 4.78 is 54.9. The molecule has 2 amide bonds. The second-order valence-corrected chi connectivity index (χ2v) is 8.44. The Bertz CT molecular complexity index is 1140. The highest BCUT2D eigenvalue weighted by molar-refractivity contribution is 14.1. The topological polar surface area (TPSA) is 115 Å². The molecule has 0 aliphatic heterocycles. The number of carbonyl (C=O) groups excluding carboxylic acids is 3. The van der Waals surface area contributed by atoms with E-state index in [4.69, 9.17) is 14.2 Å². The molecule has 0 aliphatic rings. The van der Waals surface area contributed by atoms with Crippen molar-refractivity contribution >= 4 is 52.3 Å². The van der Waals surface area contributed by atoms with Gasteiger partial charge in [0.15, 0.2) is 18.1 Å². The van der Waals surface area contributed by atoms with Crippen LogP contribution in [0.2, 0.25) is 0 Å². The zero-order chi connectivity index (χ0) is 27.4. The molecule has 2 N–H and O–H groups in total. The number of benzene rings is 2. The number of halogens is 4. The maximum absolute atomic E-state index is 12.8. The molecule has 13 heteroatoms. The second-order valence-electron chi connectivity index (χ2n) is 7.28. The average Bonchev–Trinajstić information content (AvgIpc) is 2.82. The van der Waals surface area contributed by atoms with Gasteiger partial charge in [-0.25, -0.2) is 10.2 Å². The van der Waals surface area contributed by atoms with Gasteiger partial charge in [-0.05, 0) is 72.3 Å². The number of hydrazone groups is 1. The van der Waals surface area contributed by atoms with Crippen LogP contribution in [-0.2, 0) is 25.3 Å². The third kappa shape index (κ3) is 10.3. The largest absolute Gasteiger partial charge is 0.490 e. The van der Waals surface area contributed by atoms with Gasteiger partial charge in [0.25, 0.3) is 0 Å². The number of esters is 1. The lowest BCUT2D eigenvalue weighted by atomic mass is 10.2. The predicted molar refractivity (Wildman–Crippen MR) is 138 cm³/mol. The Morgan fingerprint density at radius 2 is 1.76 bits per heavy atom. The number of alkyl halides is 3. The van der Waals surface area contributed by atoms with E-state index in [-0.39, 0.29) is 31.7 Å². The van der Waals surface area contributed by atoms with Crippen LogP contribution in [0, 0.1) is 3.57 Å². The molecule has 0 fully saturated rings. The van der Waals surface area contributed by atoms with Gasteiger partial charge in [-0.15, -0.1) is 0 Å². The Labute approximate surface area is 224 Å². The lowest BCUT2D eigenvalue weighted by molar-refractivity contribution is -0.145. The molecule has 0 heterocycles. The van der Waals surface area contributed by atoms with E-state index in [1.54, 1.807) is 26.0 Å². The summed E-state index contributed by atoms with van der Waals surface area (Å²) in [6.45, 7) is 3.77. The van der Waals surface area contributed by atoms with Crippen molar-refractivity contribution in [3.63, 3.8) is 0 Å². The number of anilines is 1. The summed E-state index contributed by atoms with van der Waals surface area (Å²) in [6, 6.07) is 7.52. The summed E-state index contributed by atoms with van der Waals surface area (Å²) in [5.41, 5.74) is 1.94. The molecule has 2 aromatic carbocycles. The van der Waals surface area contributed by atoms with Crippen molar-refractivity contribution in [2.45, 2.75) is 32.9 Å². The van der Waals surface area contributed by atoms with E-state index in [2.05, 4.69) is 15.8 Å². The highest BCUT2D eigenvalue weighted by Crippen LogP contribution is 2.34. The zero-order valence-corrected chi connectivity index (χ0v) is 22.1. The molecule has 0 spiro atoms. The number of rotatable bonds is 12. The first-order valence-corrected chi connectivity index (χ1v) is 12.1. The van der Waals surface area contributed by atoms with Crippen LogP contribution < -0.4 is 20.2 Å². The molecule has 37 heavy (non-hydrogen) atoms. The molecule has 9 nitrogen and oxygen atoms in total. The molecule has 0 bridgehead atoms. The number of nitrogens with zero attached hydrogens (tertiary/aromatic N) is 1. The summed E-state index contributed by atoms with van der Waals surface area (Å²) in [7, 11) is 0. The lowest BCUT2D eigenvalue weighted by Crippen LogP contribution is -2.20. The van der Waals surface area contributed by atoms with Crippen LogP contribution in [0.4, 0.5) is 18.9 Å². The van der Waals surface area contributed by atoms with Crippen LogP contribution >= 0.6 is 22.6 Å². The van der Waals surface area contributed by atoms with Gasteiger partial charge in [0.2, 0.25) is 11.8 Å². The van der Waals surface area contributed by atoms with Crippen LogP contribution in [0.15, 0.2) is 41.5 Å². The number of ether oxygens (including phenoxy) is 3. The molecular weight excluding hydrogens is 610 g/mol. The van der Waals surface area contributed by atoms with Crippen LogP contribution in [0.25, 0.3) is 0 Å². The minimum atomic E-state index is -4.53. The third-order valence-electron chi connectivity index (χ3n) is 4.43. The number of nitrogens with one attached hydrogen (secondary N) is 2. The summed E-state index contributed by atoms with van der Waals surface area (Å²) >= 11 is 2.01. The molecule has 2 rings (SSSR count). The lowest BCUT2D eigenvalue weighted by Gasteiger charge is -2.14. The smallest absolute Gasteiger partial charge is 0.416 e. The standard InChI is InChI=1S/C24H25F3IN3O6/c1-3-35-19-11-15(10-18(28)23(19)37-14-22(34)36-4-2)13-29-31-21(33)9-8-20(32)30-17-7-5-6-16(12-17)24(25,26)27/h5-7,10-13H,3-4,8-9,14H2,1-2H3,(H,30,32)(H,31,33). The highest BCUT2D eigenvalue weighted by Gasteiger charge is 2.30. The fourth-order valence-corrected chi connectivity index (χ4v) is 3.64. The molecule has 0 saturated heterocycles. The number of hydrogen-bond donors (Lipinski definition) is 2. The van der Waals surface area contributed by atoms with E-state index in [0.29, 0.717) is 27.2 Å². The Morgan fingerprint density at radius 1 is 1.03 bits per heavy atom. The molecule has 200 valence electrons. The minimum Gasteiger partial charge on any atom is -0.490 e. The van der Waals surface area contributed by atoms with Crippen molar-refractivity contribution < 1.29 is 41.8 Å². The monoisotopic (exact) mass is 635 g/mol. The van der Waals surface area contributed by atoms with Crippen molar-refractivity contribution in [3.8, 4) is 11.5 Å². The Kier molecular flexibility index (Phi) is 11.6. The van der Waals surface area contributed by atoms with Gasteiger partial charge in [0.1, 0.15) is 0 Å². The average molecular weight is 635 g/mol. The van der Waals surface area contributed by atoms with Gasteiger partial charge in [0.05, 0.1) is 28.6 Å². The zero-order valence-electron chi connectivity index (χ0n) is 20.0. The molecule has 0 aromatic heterocycles. The van der Waals surface area contributed by atoms with Crippen molar-refractivity contribution in [1.29, 1.82) is 0 Å². The summed E-state index contributed by atoms with van der Waals surface area (Å²) in [5.74, 6) is -0.962. The van der Waals surface area contributed by atoms with Gasteiger partial charge in [-0.2, -0.15) is 18.3 Å². The first kappa shape index (κ1) is 29.9. The molecular formula is C24H25F3IN3O6. The van der Waals surface area contributed by atoms with Gasteiger partial charge in [-0.1, -0.05) is 6.07 Å². The van der Waals surface area contributed by atoms with E-state index in [0.717, 1.165) is 12.1 Å². The number of amides is 2. The maximum Gasteiger partial charge on any atom is 0.416 e. The van der Waals surface area contributed by atoms with E-state index in [1.165, 1.54) is 18.3 Å². The van der Waals surface area contributed by atoms with Gasteiger partial charge in [-0.3, -0.25) is 9.59 Å². The first-order chi connectivity index (χ1) is 17.5. The number of carbonyl (C=O) groups is 3. The predicted octanol–water partition coefficient (Wildman–Crippen LogP) is 4.52. The van der Waals surface area contributed by atoms with Crippen LogP contribution in [0.5, 0.6) is 11.5 Å². The quantitative estimate of drug-likeness (QED) is 0.154. The Balaban J connectivity index is 1.91. The first-order valence-electron chi connectivity index (χ1n) is 11.1. The van der Waals surface area contributed by atoms with Crippen molar-refractivity contribution in [2.24, 2.45) is 5.10 Å². The van der Waals surface area contributed by atoms with Crippen LogP contribution in [-0.4, -0.2) is 43.8 Å². The van der Waals surface area contributed by atoms with Crippen molar-refractivity contribution in [1.82, 2.24) is 5.43 Å². The molecule has 2 aromatic rings. The van der Waals surface area contributed by atoms with Gasteiger partial charge >= 0.3 is 12.1 Å². The van der Waals surface area contributed by atoms with E-state index >= 15 is 0 Å². The Hall–Kier alpha value is -3.36. The fourth-order valence-electron chi connectivity index (χ4n) is 2.86. The van der Waals surface area contributed by atoms with Crippen LogP contribution in [0.1, 0.15) is 37.8 Å². The van der Waals surface area contributed by atoms with Gasteiger partial charge < -0.3 is 19.5 Å². The highest BCUT2D eigenvalue weighted by atomic mass is 127. The SMILES string of the molecule is CCOC(=O)COc1c(I)cc(C=NNC(=O)CCC(=O)Nc2cccc(C(F)(F)F)c2)cc1OCC. The molecule has 0 atom stereocenters. The van der Waals surface area contributed by atoms with Gasteiger partial charge in [0, 0.05) is 18.5 Å². The van der Waals surface area contributed by atoms with Crippen LogP contribution in [0.3, 0.4) is 0 Å². The van der Waals surface area contributed by atoms with Crippen molar-refractivity contribution in [3.05, 3.63) is 51.1 Å². The van der Waals surface area contributed by atoms with E-state index in [9.17, 15) is 27.6 Å². The third-order valence-corrected chi connectivity index (χ3v) is 5.23. The van der Waals surface area contributed by atoms with Crippen molar-refractivity contribution in [2.75, 3.05) is 25.1 Å². The van der Waals surface area contributed by atoms with E-state index in [1.807, 2.05) is 22.6 Å². The summed E-state index contributed by atoms with van der Waals surface area (Å²) in [4.78, 5) is 35.6. The summed E-state index contributed by atoms with van der Waals surface area (Å²) in [5, 5.41) is 6.19.